The highest BCUT2D eigenvalue weighted by Gasteiger charge is 2.39. The van der Waals surface area contributed by atoms with Crippen LogP contribution in [0, 0.1) is 5.92 Å². The summed E-state index contributed by atoms with van der Waals surface area (Å²) in [6, 6.07) is 0. The summed E-state index contributed by atoms with van der Waals surface area (Å²) < 4.78 is 0. The molecule has 0 amide bonds. The second kappa shape index (κ2) is 4.19. The smallest absolute Gasteiger partial charge is 0.0902 e. The van der Waals surface area contributed by atoms with Crippen LogP contribution in [0.4, 0.5) is 0 Å². The van der Waals surface area contributed by atoms with E-state index in [1.54, 1.807) is 20.8 Å². The average molecular weight is 200 g/mol. The number of rotatable bonds is 3. The molecule has 2 N–H and O–H groups in total. The maximum Gasteiger partial charge on any atom is 0.0902 e. The Morgan fingerprint density at radius 3 is 1.93 bits per heavy atom. The quantitative estimate of drug-likeness (QED) is 0.734. The predicted molar refractivity (Wildman–Crippen MR) is 58.1 cm³/mol. The van der Waals surface area contributed by atoms with Gasteiger partial charge in [-0.25, -0.2) is 0 Å². The topological polar surface area (TPSA) is 40.5 Å². The molecule has 84 valence electrons. The second-order valence-electron chi connectivity index (χ2n) is 5.54. The first kappa shape index (κ1) is 12.0. The van der Waals surface area contributed by atoms with Crippen molar-refractivity contribution in [2.75, 3.05) is 0 Å². The Bertz CT molecular complexity index is 173. The van der Waals surface area contributed by atoms with Crippen molar-refractivity contribution >= 4 is 0 Å². The molecule has 0 aromatic heterocycles. The summed E-state index contributed by atoms with van der Waals surface area (Å²) in [5, 5.41) is 20.0. The maximum absolute atomic E-state index is 10.2. The fourth-order valence-corrected chi connectivity index (χ4v) is 2.20. The summed E-state index contributed by atoms with van der Waals surface area (Å²) in [7, 11) is 0. The summed E-state index contributed by atoms with van der Waals surface area (Å²) in [4.78, 5) is 0. The summed E-state index contributed by atoms with van der Waals surface area (Å²) in [6.07, 6.45) is 7.06. The third-order valence-corrected chi connectivity index (χ3v) is 3.73. The first-order valence-corrected chi connectivity index (χ1v) is 5.78. The van der Waals surface area contributed by atoms with Crippen LogP contribution in [0.5, 0.6) is 0 Å². The van der Waals surface area contributed by atoms with E-state index in [0.717, 1.165) is 6.42 Å². The molecule has 0 heterocycles. The normalized spacial score (nSPS) is 24.6. The Morgan fingerprint density at radius 2 is 1.50 bits per heavy atom. The molecule has 1 unspecified atom stereocenters. The summed E-state index contributed by atoms with van der Waals surface area (Å²) in [5.74, 6) is 0.602. The van der Waals surface area contributed by atoms with Crippen LogP contribution in [-0.2, 0) is 0 Å². The van der Waals surface area contributed by atoms with Gasteiger partial charge in [-0.05, 0) is 33.1 Å². The molecule has 1 rings (SSSR count). The highest BCUT2D eigenvalue weighted by Crippen LogP contribution is 2.35. The van der Waals surface area contributed by atoms with E-state index >= 15 is 0 Å². The van der Waals surface area contributed by atoms with E-state index in [2.05, 4.69) is 0 Å². The third kappa shape index (κ3) is 2.96. The molecular formula is C12H24O2. The van der Waals surface area contributed by atoms with Crippen molar-refractivity contribution in [2.24, 2.45) is 5.92 Å². The van der Waals surface area contributed by atoms with Crippen LogP contribution in [0.1, 0.15) is 59.3 Å². The molecule has 1 aliphatic rings. The van der Waals surface area contributed by atoms with E-state index in [1.807, 2.05) is 0 Å². The molecular weight excluding hydrogens is 176 g/mol. The molecule has 0 aliphatic heterocycles. The van der Waals surface area contributed by atoms with Crippen LogP contribution < -0.4 is 0 Å². The van der Waals surface area contributed by atoms with Crippen molar-refractivity contribution in [3.8, 4) is 0 Å². The summed E-state index contributed by atoms with van der Waals surface area (Å²) >= 11 is 0. The van der Waals surface area contributed by atoms with Crippen LogP contribution in [0.2, 0.25) is 0 Å². The van der Waals surface area contributed by atoms with Gasteiger partial charge in [-0.1, -0.05) is 32.1 Å². The molecule has 0 aromatic rings. The van der Waals surface area contributed by atoms with Gasteiger partial charge in [0.05, 0.1) is 11.2 Å². The zero-order valence-corrected chi connectivity index (χ0v) is 9.71. The Hall–Kier alpha value is -0.0800. The van der Waals surface area contributed by atoms with Crippen molar-refractivity contribution in [1.29, 1.82) is 0 Å². The average Bonchev–Trinajstić information content (AvgIpc) is 2.03. The van der Waals surface area contributed by atoms with Crippen molar-refractivity contribution in [1.82, 2.24) is 0 Å². The van der Waals surface area contributed by atoms with Gasteiger partial charge in [0.25, 0.3) is 0 Å². The minimum atomic E-state index is -0.996. The van der Waals surface area contributed by atoms with Crippen LogP contribution in [0.15, 0.2) is 0 Å². The minimum Gasteiger partial charge on any atom is -0.387 e. The number of hydrogen-bond donors (Lipinski definition) is 2. The summed E-state index contributed by atoms with van der Waals surface area (Å²) in [6.45, 7) is 5.13. The van der Waals surface area contributed by atoms with E-state index < -0.39 is 11.2 Å². The van der Waals surface area contributed by atoms with E-state index in [1.165, 1.54) is 32.1 Å². The molecule has 1 atom stereocenters. The Kier molecular flexibility index (Phi) is 3.59. The van der Waals surface area contributed by atoms with Gasteiger partial charge in [0.1, 0.15) is 0 Å². The van der Waals surface area contributed by atoms with Crippen LogP contribution in [0.25, 0.3) is 0 Å². The molecule has 0 aromatic carbocycles. The Morgan fingerprint density at radius 1 is 1.00 bits per heavy atom. The molecule has 1 fully saturated rings. The molecule has 2 heteroatoms. The van der Waals surface area contributed by atoms with E-state index in [-0.39, 0.29) is 0 Å². The largest absolute Gasteiger partial charge is 0.387 e. The third-order valence-electron chi connectivity index (χ3n) is 3.73. The van der Waals surface area contributed by atoms with Crippen molar-refractivity contribution in [3.05, 3.63) is 0 Å². The zero-order chi connectivity index (χ0) is 10.8. The maximum atomic E-state index is 10.2. The Labute approximate surface area is 87.3 Å². The van der Waals surface area contributed by atoms with Gasteiger partial charge in [0.2, 0.25) is 0 Å². The van der Waals surface area contributed by atoms with Crippen LogP contribution in [-0.4, -0.2) is 21.4 Å². The highest BCUT2D eigenvalue weighted by molar-refractivity contribution is 4.91. The highest BCUT2D eigenvalue weighted by atomic mass is 16.3. The standard InChI is InChI=1S/C12H24O2/c1-11(2,13)12(3,14)9-10-7-5-4-6-8-10/h10,13-14H,4-9H2,1-3H3. The van der Waals surface area contributed by atoms with E-state index in [0.29, 0.717) is 5.92 Å². The molecule has 1 saturated carbocycles. The fraction of sp³-hybridized carbons (Fsp3) is 1.00. The van der Waals surface area contributed by atoms with Crippen molar-refractivity contribution in [3.63, 3.8) is 0 Å². The molecule has 0 spiro atoms. The number of hydrogen-bond acceptors (Lipinski definition) is 2. The molecule has 1 aliphatic carbocycles. The molecule has 0 saturated heterocycles. The molecule has 14 heavy (non-hydrogen) atoms. The zero-order valence-electron chi connectivity index (χ0n) is 9.71. The Balaban J connectivity index is 2.49. The number of aliphatic hydroxyl groups is 2. The first-order chi connectivity index (χ1) is 6.33. The SMILES string of the molecule is CC(C)(O)C(C)(O)CC1CCCCC1. The van der Waals surface area contributed by atoms with Crippen molar-refractivity contribution in [2.45, 2.75) is 70.5 Å². The molecule has 0 radical (unpaired) electrons. The second-order valence-corrected chi connectivity index (χ2v) is 5.54. The summed E-state index contributed by atoms with van der Waals surface area (Å²) in [5.41, 5.74) is -1.94. The lowest BCUT2D eigenvalue weighted by Gasteiger charge is -2.39. The van der Waals surface area contributed by atoms with Gasteiger partial charge >= 0.3 is 0 Å². The van der Waals surface area contributed by atoms with Crippen LogP contribution >= 0.6 is 0 Å². The van der Waals surface area contributed by atoms with Crippen LogP contribution in [0.3, 0.4) is 0 Å². The fourth-order valence-electron chi connectivity index (χ4n) is 2.20. The van der Waals surface area contributed by atoms with Gasteiger partial charge in [-0.2, -0.15) is 0 Å². The monoisotopic (exact) mass is 200 g/mol. The lowest BCUT2D eigenvalue weighted by Crippen LogP contribution is -2.48. The van der Waals surface area contributed by atoms with Gasteiger partial charge in [-0.3, -0.25) is 0 Å². The predicted octanol–water partition coefficient (Wildman–Crippen LogP) is 2.48. The lowest BCUT2D eigenvalue weighted by molar-refractivity contribution is -0.132. The van der Waals surface area contributed by atoms with E-state index in [9.17, 15) is 10.2 Å². The van der Waals surface area contributed by atoms with Gasteiger partial charge in [0, 0.05) is 0 Å². The van der Waals surface area contributed by atoms with Gasteiger partial charge in [0.15, 0.2) is 0 Å². The minimum absolute atomic E-state index is 0.602. The van der Waals surface area contributed by atoms with E-state index in [4.69, 9.17) is 0 Å². The van der Waals surface area contributed by atoms with Gasteiger partial charge in [-0.15, -0.1) is 0 Å². The van der Waals surface area contributed by atoms with Crippen molar-refractivity contribution < 1.29 is 10.2 Å². The lowest BCUT2D eigenvalue weighted by atomic mass is 9.75. The molecule has 2 nitrogen and oxygen atoms in total. The first-order valence-electron chi connectivity index (χ1n) is 5.78. The van der Waals surface area contributed by atoms with Gasteiger partial charge < -0.3 is 10.2 Å². The molecule has 0 bridgehead atoms.